The van der Waals surface area contributed by atoms with Gasteiger partial charge in [0.15, 0.2) is 0 Å². The fraction of sp³-hybridized carbons (Fsp3) is 0.471. The molecule has 1 aliphatic rings. The second-order valence-corrected chi connectivity index (χ2v) is 6.54. The largest absolute Gasteiger partial charge is 0.337 e. The van der Waals surface area contributed by atoms with Crippen molar-refractivity contribution in [3.05, 3.63) is 34.9 Å². The molecule has 1 heterocycles. The van der Waals surface area contributed by atoms with Crippen molar-refractivity contribution in [2.24, 2.45) is 5.73 Å². The number of rotatable bonds is 2. The van der Waals surface area contributed by atoms with Gasteiger partial charge < -0.3 is 10.6 Å². The third-order valence-corrected chi connectivity index (χ3v) is 5.14. The van der Waals surface area contributed by atoms with Crippen LogP contribution >= 0.6 is 11.8 Å². The molecular formula is C17H22N2OS. The normalized spacial score (nSPS) is 18.0. The zero-order chi connectivity index (χ0) is 15.2. The average molecular weight is 302 g/mol. The maximum absolute atomic E-state index is 12.8. The zero-order valence-corrected chi connectivity index (χ0v) is 13.5. The van der Waals surface area contributed by atoms with E-state index < -0.39 is 0 Å². The van der Waals surface area contributed by atoms with E-state index in [9.17, 15) is 4.79 Å². The number of amides is 1. The Morgan fingerprint density at radius 2 is 2.33 bits per heavy atom. The Kier molecular flexibility index (Phi) is 5.72. The molecule has 2 rings (SSSR count). The molecule has 0 bridgehead atoms. The lowest BCUT2D eigenvalue weighted by molar-refractivity contribution is 0.0760. The minimum absolute atomic E-state index is 0.127. The van der Waals surface area contributed by atoms with Crippen molar-refractivity contribution >= 4 is 17.7 Å². The zero-order valence-electron chi connectivity index (χ0n) is 12.7. The highest BCUT2D eigenvalue weighted by Gasteiger charge is 2.25. The summed E-state index contributed by atoms with van der Waals surface area (Å²) in [6, 6.07) is 5.74. The third kappa shape index (κ3) is 3.81. The molecule has 0 radical (unpaired) electrons. The van der Waals surface area contributed by atoms with E-state index in [4.69, 9.17) is 5.73 Å². The van der Waals surface area contributed by atoms with Crippen LogP contribution in [-0.4, -0.2) is 41.4 Å². The second kappa shape index (κ2) is 7.53. The lowest BCUT2D eigenvalue weighted by atomic mass is 10.0. The van der Waals surface area contributed by atoms with E-state index in [0.717, 1.165) is 42.0 Å². The van der Waals surface area contributed by atoms with Gasteiger partial charge in [0.25, 0.3) is 5.91 Å². The molecule has 1 aromatic rings. The number of carbonyl (C=O) groups excluding carboxylic acids is 1. The highest BCUT2D eigenvalue weighted by Crippen LogP contribution is 2.23. The predicted octanol–water partition coefficient (Wildman–Crippen LogP) is 2.27. The van der Waals surface area contributed by atoms with Crippen molar-refractivity contribution in [3.63, 3.8) is 0 Å². The Balaban J connectivity index is 2.23. The van der Waals surface area contributed by atoms with Crippen LogP contribution in [0.4, 0.5) is 0 Å². The average Bonchev–Trinajstić information content (AvgIpc) is 2.53. The predicted molar refractivity (Wildman–Crippen MR) is 89.6 cm³/mol. The quantitative estimate of drug-likeness (QED) is 0.853. The van der Waals surface area contributed by atoms with Gasteiger partial charge >= 0.3 is 0 Å². The van der Waals surface area contributed by atoms with Gasteiger partial charge in [0, 0.05) is 35.2 Å². The number of nitrogens with zero attached hydrogens (tertiary/aromatic N) is 1. The summed E-state index contributed by atoms with van der Waals surface area (Å²) < 4.78 is 0. The first-order chi connectivity index (χ1) is 10.2. The Morgan fingerprint density at radius 1 is 1.52 bits per heavy atom. The molecule has 4 heteroatoms. The molecule has 112 valence electrons. The van der Waals surface area contributed by atoms with E-state index in [1.54, 1.807) is 0 Å². The summed E-state index contributed by atoms with van der Waals surface area (Å²) in [5.41, 5.74) is 8.03. The highest BCUT2D eigenvalue weighted by atomic mass is 32.2. The molecule has 3 nitrogen and oxygen atoms in total. The maximum atomic E-state index is 12.8. The molecule has 1 fully saturated rings. The van der Waals surface area contributed by atoms with E-state index in [1.807, 2.05) is 41.8 Å². The van der Waals surface area contributed by atoms with Gasteiger partial charge in [-0.15, -0.1) is 0 Å². The summed E-state index contributed by atoms with van der Waals surface area (Å²) in [6.07, 6.45) is 1.11. The molecule has 0 spiro atoms. The molecule has 0 aromatic heterocycles. The van der Waals surface area contributed by atoms with Crippen LogP contribution in [0.1, 0.15) is 34.8 Å². The Labute approximate surface area is 131 Å². The van der Waals surface area contributed by atoms with Gasteiger partial charge in [0.2, 0.25) is 0 Å². The Bertz CT molecular complexity index is 574. The number of benzene rings is 1. The Morgan fingerprint density at radius 3 is 3.05 bits per heavy atom. The summed E-state index contributed by atoms with van der Waals surface area (Å²) in [4.78, 5) is 14.7. The van der Waals surface area contributed by atoms with Crippen molar-refractivity contribution in [2.45, 2.75) is 25.5 Å². The highest BCUT2D eigenvalue weighted by molar-refractivity contribution is 8.00. The van der Waals surface area contributed by atoms with Gasteiger partial charge in [-0.1, -0.05) is 24.8 Å². The van der Waals surface area contributed by atoms with E-state index in [-0.39, 0.29) is 5.91 Å². The minimum atomic E-state index is 0.127. The first-order valence-electron chi connectivity index (χ1n) is 7.36. The molecule has 1 amide bonds. The molecule has 1 unspecified atom stereocenters. The number of hydrogen-bond acceptors (Lipinski definition) is 3. The number of nitrogens with two attached hydrogens (primary N) is 1. The van der Waals surface area contributed by atoms with Gasteiger partial charge in [0.05, 0.1) is 6.54 Å². The van der Waals surface area contributed by atoms with Crippen LogP contribution in [0.3, 0.4) is 0 Å². The number of thioether (sulfide) groups is 1. The van der Waals surface area contributed by atoms with Crippen LogP contribution < -0.4 is 5.73 Å². The van der Waals surface area contributed by atoms with Crippen LogP contribution in [0.15, 0.2) is 18.2 Å². The monoisotopic (exact) mass is 302 g/mol. The summed E-state index contributed by atoms with van der Waals surface area (Å²) >= 11 is 1.97. The van der Waals surface area contributed by atoms with Gasteiger partial charge in [-0.2, -0.15) is 11.8 Å². The molecular weight excluding hydrogens is 280 g/mol. The SMILES string of the molecule is CCC1CN(C(=O)c2cccc(C#CCN)c2C)CCS1. The van der Waals surface area contributed by atoms with Crippen LogP contribution in [0.2, 0.25) is 0 Å². The van der Waals surface area contributed by atoms with Gasteiger partial charge in [-0.05, 0) is 31.0 Å². The molecule has 1 aromatic carbocycles. The van der Waals surface area contributed by atoms with Crippen LogP contribution in [0, 0.1) is 18.8 Å². The number of hydrogen-bond donors (Lipinski definition) is 1. The van der Waals surface area contributed by atoms with E-state index in [2.05, 4.69) is 18.8 Å². The fourth-order valence-corrected chi connectivity index (χ4v) is 3.65. The molecule has 2 N–H and O–H groups in total. The molecule has 0 aliphatic carbocycles. The van der Waals surface area contributed by atoms with Crippen molar-refractivity contribution in [2.75, 3.05) is 25.4 Å². The second-order valence-electron chi connectivity index (χ2n) is 5.14. The first-order valence-corrected chi connectivity index (χ1v) is 8.41. The van der Waals surface area contributed by atoms with Crippen molar-refractivity contribution < 1.29 is 4.79 Å². The van der Waals surface area contributed by atoms with E-state index in [0.29, 0.717) is 11.8 Å². The van der Waals surface area contributed by atoms with Crippen molar-refractivity contribution in [1.29, 1.82) is 0 Å². The third-order valence-electron chi connectivity index (χ3n) is 3.77. The smallest absolute Gasteiger partial charge is 0.254 e. The molecule has 1 saturated heterocycles. The van der Waals surface area contributed by atoms with Crippen molar-refractivity contribution in [1.82, 2.24) is 4.90 Å². The molecule has 1 aliphatic heterocycles. The standard InChI is InChI=1S/C17H22N2OS/c1-3-15-12-19(10-11-21-15)17(20)16-8-4-6-14(13(16)2)7-5-9-18/h4,6,8,15H,3,9-12,18H2,1-2H3. The minimum Gasteiger partial charge on any atom is -0.337 e. The Hall–Kier alpha value is -1.44. The molecule has 1 atom stereocenters. The molecule has 0 saturated carbocycles. The summed E-state index contributed by atoms with van der Waals surface area (Å²) in [5.74, 6) is 7.05. The van der Waals surface area contributed by atoms with Gasteiger partial charge in [0.1, 0.15) is 0 Å². The summed E-state index contributed by atoms with van der Waals surface area (Å²) in [7, 11) is 0. The van der Waals surface area contributed by atoms with E-state index in [1.165, 1.54) is 0 Å². The topological polar surface area (TPSA) is 46.3 Å². The molecule has 21 heavy (non-hydrogen) atoms. The lowest BCUT2D eigenvalue weighted by Crippen LogP contribution is -2.42. The fourth-order valence-electron chi connectivity index (χ4n) is 2.47. The maximum Gasteiger partial charge on any atom is 0.254 e. The summed E-state index contributed by atoms with van der Waals surface area (Å²) in [6.45, 7) is 6.15. The van der Waals surface area contributed by atoms with Gasteiger partial charge in [-0.3, -0.25) is 4.79 Å². The summed E-state index contributed by atoms with van der Waals surface area (Å²) in [5, 5.41) is 0.559. The van der Waals surface area contributed by atoms with Gasteiger partial charge in [-0.25, -0.2) is 0 Å². The van der Waals surface area contributed by atoms with Crippen LogP contribution in [0.25, 0.3) is 0 Å². The van der Waals surface area contributed by atoms with Crippen molar-refractivity contribution in [3.8, 4) is 11.8 Å². The lowest BCUT2D eigenvalue weighted by Gasteiger charge is -2.32. The van der Waals surface area contributed by atoms with Crippen LogP contribution in [-0.2, 0) is 0 Å². The number of carbonyl (C=O) groups is 1. The first kappa shape index (κ1) is 15.9. The van der Waals surface area contributed by atoms with E-state index >= 15 is 0 Å². The van der Waals surface area contributed by atoms with Crippen LogP contribution in [0.5, 0.6) is 0 Å².